The number of hydrogen-bond donors (Lipinski definition) is 2. The van der Waals surface area contributed by atoms with Crippen LogP contribution in [-0.2, 0) is 0 Å². The van der Waals surface area contributed by atoms with E-state index < -0.39 is 5.97 Å². The molecule has 5 heteroatoms. The van der Waals surface area contributed by atoms with Crippen LogP contribution in [0.15, 0.2) is 18.2 Å². The van der Waals surface area contributed by atoms with Crippen molar-refractivity contribution in [3.05, 3.63) is 28.8 Å². The van der Waals surface area contributed by atoms with Crippen molar-refractivity contribution in [2.24, 2.45) is 0 Å². The highest BCUT2D eigenvalue weighted by molar-refractivity contribution is 6.31. The van der Waals surface area contributed by atoms with Crippen molar-refractivity contribution in [3.63, 3.8) is 0 Å². The van der Waals surface area contributed by atoms with Gasteiger partial charge in [0.2, 0.25) is 0 Å². The van der Waals surface area contributed by atoms with Crippen LogP contribution < -0.4 is 5.32 Å². The third-order valence-electron chi connectivity index (χ3n) is 4.05. The third-order valence-corrected chi connectivity index (χ3v) is 4.29. The van der Waals surface area contributed by atoms with E-state index in [-0.39, 0.29) is 11.1 Å². The molecule has 0 heterocycles. The van der Waals surface area contributed by atoms with E-state index in [0.717, 1.165) is 19.4 Å². The Bertz CT molecular complexity index is 484. The van der Waals surface area contributed by atoms with E-state index in [4.69, 9.17) is 11.6 Å². The fourth-order valence-corrected chi connectivity index (χ4v) is 2.65. The number of carboxylic acids is 1. The van der Waals surface area contributed by atoms with Crippen LogP contribution in [0.25, 0.3) is 0 Å². The summed E-state index contributed by atoms with van der Waals surface area (Å²) in [5.41, 5.74) is 1.00. The number of rotatable bonds is 5. The van der Waals surface area contributed by atoms with Crippen LogP contribution in [0.4, 0.5) is 5.69 Å². The van der Waals surface area contributed by atoms with E-state index in [0.29, 0.717) is 10.7 Å². The monoisotopic (exact) mass is 282 g/mol. The van der Waals surface area contributed by atoms with Crippen LogP contribution in [0.1, 0.15) is 29.6 Å². The highest BCUT2D eigenvalue weighted by atomic mass is 35.5. The van der Waals surface area contributed by atoms with Crippen LogP contribution in [-0.4, -0.2) is 42.2 Å². The number of halogens is 1. The minimum atomic E-state index is -0.961. The molecule has 0 saturated heterocycles. The lowest BCUT2D eigenvalue weighted by atomic mass is 9.75. The molecule has 0 bridgehead atoms. The minimum absolute atomic E-state index is 0.148. The van der Waals surface area contributed by atoms with Crippen molar-refractivity contribution in [2.45, 2.75) is 24.8 Å². The molecule has 4 nitrogen and oxygen atoms in total. The van der Waals surface area contributed by atoms with Gasteiger partial charge in [0.05, 0.1) is 5.56 Å². The van der Waals surface area contributed by atoms with E-state index in [1.54, 1.807) is 12.1 Å². The molecule has 1 aromatic carbocycles. The topological polar surface area (TPSA) is 52.6 Å². The summed E-state index contributed by atoms with van der Waals surface area (Å²) in [5, 5.41) is 12.9. The Hall–Kier alpha value is -1.26. The second-order valence-corrected chi connectivity index (χ2v) is 5.76. The zero-order valence-corrected chi connectivity index (χ0v) is 12.0. The lowest BCUT2D eigenvalue weighted by Crippen LogP contribution is -2.54. The predicted octanol–water partition coefficient (Wildman–Crippen LogP) is 2.93. The number of anilines is 1. The Morgan fingerprint density at radius 2 is 2.16 bits per heavy atom. The number of carbonyl (C=O) groups is 1. The van der Waals surface area contributed by atoms with Crippen LogP contribution >= 0.6 is 11.6 Å². The molecule has 1 saturated carbocycles. The van der Waals surface area contributed by atoms with Gasteiger partial charge < -0.3 is 15.3 Å². The molecule has 1 aliphatic carbocycles. The summed E-state index contributed by atoms with van der Waals surface area (Å²) in [6, 6.07) is 4.92. The smallest absolute Gasteiger partial charge is 0.337 e. The van der Waals surface area contributed by atoms with Crippen LogP contribution in [0.3, 0.4) is 0 Å². The zero-order chi connectivity index (χ0) is 14.0. The van der Waals surface area contributed by atoms with Gasteiger partial charge in [-0.15, -0.1) is 0 Å². The number of hydrogen-bond acceptors (Lipinski definition) is 3. The summed E-state index contributed by atoms with van der Waals surface area (Å²) < 4.78 is 0. The molecule has 19 heavy (non-hydrogen) atoms. The molecule has 0 unspecified atom stereocenters. The Morgan fingerprint density at radius 1 is 1.47 bits per heavy atom. The van der Waals surface area contributed by atoms with E-state index in [9.17, 15) is 9.90 Å². The average molecular weight is 283 g/mol. The maximum absolute atomic E-state index is 11.2. The summed E-state index contributed by atoms with van der Waals surface area (Å²) in [5.74, 6) is -0.961. The quantitative estimate of drug-likeness (QED) is 0.872. The van der Waals surface area contributed by atoms with Crippen molar-refractivity contribution in [2.75, 3.05) is 26.0 Å². The molecule has 2 rings (SSSR count). The van der Waals surface area contributed by atoms with Gasteiger partial charge in [0.1, 0.15) is 0 Å². The number of likely N-dealkylation sites (N-methyl/N-ethyl adjacent to an activating group) is 1. The first-order valence-electron chi connectivity index (χ1n) is 6.39. The van der Waals surface area contributed by atoms with Crippen molar-refractivity contribution >= 4 is 23.3 Å². The fourth-order valence-electron chi connectivity index (χ4n) is 2.47. The first kappa shape index (κ1) is 14.2. The lowest BCUT2D eigenvalue weighted by molar-refractivity contribution is 0.0693. The molecule has 0 aliphatic heterocycles. The molecule has 0 radical (unpaired) electrons. The molecule has 1 fully saturated rings. The molecule has 0 spiro atoms. The first-order chi connectivity index (χ1) is 8.94. The van der Waals surface area contributed by atoms with E-state index in [1.807, 2.05) is 0 Å². The number of aromatic carboxylic acids is 1. The number of benzene rings is 1. The van der Waals surface area contributed by atoms with Gasteiger partial charge in [-0.05, 0) is 51.6 Å². The Kier molecular flexibility index (Phi) is 4.02. The molecule has 104 valence electrons. The van der Waals surface area contributed by atoms with E-state index in [1.165, 1.54) is 12.5 Å². The van der Waals surface area contributed by atoms with Gasteiger partial charge >= 0.3 is 5.97 Å². The van der Waals surface area contributed by atoms with Gasteiger partial charge in [-0.1, -0.05) is 11.6 Å². The summed E-state index contributed by atoms with van der Waals surface area (Å²) in [4.78, 5) is 13.4. The highest BCUT2D eigenvalue weighted by Gasteiger charge is 2.38. The van der Waals surface area contributed by atoms with Gasteiger partial charge in [-0.25, -0.2) is 4.79 Å². The highest BCUT2D eigenvalue weighted by Crippen LogP contribution is 2.36. The molecule has 1 aromatic rings. The zero-order valence-electron chi connectivity index (χ0n) is 11.2. The van der Waals surface area contributed by atoms with Gasteiger partial charge in [0, 0.05) is 22.8 Å². The molecule has 0 atom stereocenters. The second-order valence-electron chi connectivity index (χ2n) is 5.32. The van der Waals surface area contributed by atoms with E-state index >= 15 is 0 Å². The van der Waals surface area contributed by atoms with Crippen LogP contribution in [0.5, 0.6) is 0 Å². The predicted molar refractivity (Wildman–Crippen MR) is 77.2 cm³/mol. The number of carboxylic acid groups (broad SMARTS) is 1. The second kappa shape index (κ2) is 5.39. The van der Waals surface area contributed by atoms with Gasteiger partial charge in [-0.3, -0.25) is 0 Å². The largest absolute Gasteiger partial charge is 0.478 e. The average Bonchev–Trinajstić information content (AvgIpc) is 2.28. The van der Waals surface area contributed by atoms with Crippen LogP contribution in [0.2, 0.25) is 5.02 Å². The van der Waals surface area contributed by atoms with Crippen LogP contribution in [0, 0.1) is 0 Å². The summed E-state index contributed by atoms with van der Waals surface area (Å²) in [6.45, 7) is 0.752. The molecule has 0 amide bonds. The molecule has 2 N–H and O–H groups in total. The van der Waals surface area contributed by atoms with Crippen molar-refractivity contribution in [1.29, 1.82) is 0 Å². The number of nitrogens with zero attached hydrogens (tertiary/aromatic N) is 1. The Morgan fingerprint density at radius 3 is 2.63 bits per heavy atom. The number of nitrogens with one attached hydrogen (secondary N) is 1. The minimum Gasteiger partial charge on any atom is -0.478 e. The summed E-state index contributed by atoms with van der Waals surface area (Å²) in [6.07, 6.45) is 3.51. The third kappa shape index (κ3) is 2.85. The SMILES string of the molecule is CN(C)C1(CNc2ccc(Cl)cc2C(=O)O)CCC1. The molecule has 1 aliphatic rings. The Labute approximate surface area is 118 Å². The molecular weight excluding hydrogens is 264 g/mol. The molecule has 0 aromatic heterocycles. The van der Waals surface area contributed by atoms with Crippen molar-refractivity contribution in [1.82, 2.24) is 4.90 Å². The van der Waals surface area contributed by atoms with Gasteiger partial charge in [-0.2, -0.15) is 0 Å². The lowest BCUT2D eigenvalue weighted by Gasteiger charge is -2.47. The Balaban J connectivity index is 2.13. The van der Waals surface area contributed by atoms with Crippen molar-refractivity contribution in [3.8, 4) is 0 Å². The normalized spacial score (nSPS) is 17.1. The molecular formula is C14H19ClN2O2. The first-order valence-corrected chi connectivity index (χ1v) is 6.76. The maximum Gasteiger partial charge on any atom is 0.337 e. The standard InChI is InChI=1S/C14H19ClN2O2/c1-17(2)14(6-3-7-14)9-16-12-5-4-10(15)8-11(12)13(18)19/h4-5,8,16H,3,6-7,9H2,1-2H3,(H,18,19). The summed E-state index contributed by atoms with van der Waals surface area (Å²) >= 11 is 5.84. The van der Waals surface area contributed by atoms with E-state index in [2.05, 4.69) is 24.3 Å². The van der Waals surface area contributed by atoms with Gasteiger partial charge in [0.25, 0.3) is 0 Å². The summed E-state index contributed by atoms with van der Waals surface area (Å²) in [7, 11) is 4.14. The fraction of sp³-hybridized carbons (Fsp3) is 0.500. The van der Waals surface area contributed by atoms with Gasteiger partial charge in [0.15, 0.2) is 0 Å². The maximum atomic E-state index is 11.2. The van der Waals surface area contributed by atoms with Crippen molar-refractivity contribution < 1.29 is 9.90 Å².